The first-order valence-electron chi connectivity index (χ1n) is 6.72. The molecule has 0 aromatic heterocycles. The highest BCUT2D eigenvalue weighted by atomic mass is 16.1. The number of amides is 1. The molecular weight excluding hydrogens is 248 g/mol. The Hall–Kier alpha value is -2.29. The topological polar surface area (TPSA) is 41.1 Å². The third-order valence-electron chi connectivity index (χ3n) is 3.12. The summed E-state index contributed by atoms with van der Waals surface area (Å²) in [6, 6.07) is 13.9. The molecule has 104 valence electrons. The number of carbonyl (C=O) groups is 1. The summed E-state index contributed by atoms with van der Waals surface area (Å²) in [6.07, 6.45) is 0. The molecule has 2 aromatic rings. The van der Waals surface area contributed by atoms with Gasteiger partial charge in [0.1, 0.15) is 0 Å². The summed E-state index contributed by atoms with van der Waals surface area (Å²) in [7, 11) is 0. The van der Waals surface area contributed by atoms with Gasteiger partial charge in [0.25, 0.3) is 0 Å². The average molecular weight is 268 g/mol. The van der Waals surface area contributed by atoms with E-state index in [1.807, 2.05) is 50.2 Å². The van der Waals surface area contributed by atoms with Gasteiger partial charge >= 0.3 is 0 Å². The fourth-order valence-electron chi connectivity index (χ4n) is 2.12. The second-order valence-corrected chi connectivity index (χ2v) is 5.09. The summed E-state index contributed by atoms with van der Waals surface area (Å²) in [6.45, 7) is 6.36. The van der Waals surface area contributed by atoms with Crippen LogP contribution in [0.4, 0.5) is 11.4 Å². The van der Waals surface area contributed by atoms with Gasteiger partial charge in [-0.25, -0.2) is 0 Å². The monoisotopic (exact) mass is 268 g/mol. The number of rotatable bonds is 4. The predicted molar refractivity (Wildman–Crippen MR) is 84.2 cm³/mol. The van der Waals surface area contributed by atoms with Gasteiger partial charge in [-0.05, 0) is 50.1 Å². The average Bonchev–Trinajstić information content (AvgIpc) is 2.37. The first-order chi connectivity index (χ1) is 9.54. The Bertz CT molecular complexity index is 620. The summed E-state index contributed by atoms with van der Waals surface area (Å²) in [4.78, 5) is 11.9. The lowest BCUT2D eigenvalue weighted by molar-refractivity contribution is -0.114. The molecule has 0 bridgehead atoms. The van der Waals surface area contributed by atoms with E-state index in [0.717, 1.165) is 22.5 Å². The summed E-state index contributed by atoms with van der Waals surface area (Å²) in [5, 5.41) is 6.05. The van der Waals surface area contributed by atoms with E-state index in [1.54, 1.807) is 0 Å². The number of nitrogens with one attached hydrogen (secondary N) is 2. The van der Waals surface area contributed by atoms with Crippen molar-refractivity contribution in [2.24, 2.45) is 0 Å². The number of aryl methyl sites for hydroxylation is 3. The minimum atomic E-state index is -0.0458. The molecule has 0 aliphatic carbocycles. The van der Waals surface area contributed by atoms with Crippen LogP contribution in [0.3, 0.4) is 0 Å². The molecule has 0 saturated heterocycles. The van der Waals surface area contributed by atoms with E-state index in [9.17, 15) is 4.79 Å². The molecule has 2 aromatic carbocycles. The van der Waals surface area contributed by atoms with Gasteiger partial charge in [-0.15, -0.1) is 0 Å². The van der Waals surface area contributed by atoms with Crippen molar-refractivity contribution >= 4 is 17.3 Å². The lowest BCUT2D eigenvalue weighted by atomic mass is 10.1. The van der Waals surface area contributed by atoms with Gasteiger partial charge in [-0.1, -0.05) is 29.8 Å². The normalized spacial score (nSPS) is 10.2. The van der Waals surface area contributed by atoms with E-state index in [1.165, 1.54) is 5.56 Å². The molecule has 2 rings (SSSR count). The van der Waals surface area contributed by atoms with Crippen LogP contribution in [0.2, 0.25) is 0 Å². The zero-order valence-corrected chi connectivity index (χ0v) is 12.2. The molecule has 0 aliphatic heterocycles. The van der Waals surface area contributed by atoms with Crippen molar-refractivity contribution in [2.45, 2.75) is 20.8 Å². The maximum atomic E-state index is 11.9. The first-order valence-corrected chi connectivity index (χ1v) is 6.72. The zero-order valence-electron chi connectivity index (χ0n) is 12.2. The van der Waals surface area contributed by atoms with E-state index in [-0.39, 0.29) is 12.5 Å². The van der Waals surface area contributed by atoms with Gasteiger partial charge in [0.05, 0.1) is 6.54 Å². The number of hydrogen-bond donors (Lipinski definition) is 2. The van der Waals surface area contributed by atoms with Gasteiger partial charge < -0.3 is 10.6 Å². The first kappa shape index (κ1) is 14.1. The minimum Gasteiger partial charge on any atom is -0.376 e. The molecule has 0 heterocycles. The van der Waals surface area contributed by atoms with Crippen LogP contribution in [-0.2, 0) is 4.79 Å². The third-order valence-corrected chi connectivity index (χ3v) is 3.12. The summed E-state index contributed by atoms with van der Waals surface area (Å²) in [5.41, 5.74) is 5.32. The summed E-state index contributed by atoms with van der Waals surface area (Å²) < 4.78 is 0. The van der Waals surface area contributed by atoms with Crippen molar-refractivity contribution in [1.29, 1.82) is 0 Å². The predicted octanol–water partition coefficient (Wildman–Crippen LogP) is 3.66. The lowest BCUT2D eigenvalue weighted by Gasteiger charge is -2.11. The Balaban J connectivity index is 1.92. The van der Waals surface area contributed by atoms with Crippen LogP contribution in [0.25, 0.3) is 0 Å². The van der Waals surface area contributed by atoms with Crippen LogP contribution in [0.1, 0.15) is 16.7 Å². The molecule has 0 aliphatic rings. The van der Waals surface area contributed by atoms with E-state index in [4.69, 9.17) is 0 Å². The third kappa shape index (κ3) is 3.85. The SMILES string of the molecule is Cc1cccc(NC(=O)CNc2ccc(C)cc2C)c1. The number of benzene rings is 2. The Morgan fingerprint density at radius 1 is 1.00 bits per heavy atom. The standard InChI is InChI=1S/C17H20N2O/c1-12-5-4-6-15(10-12)19-17(20)11-18-16-8-7-13(2)9-14(16)3/h4-10,18H,11H2,1-3H3,(H,19,20). The van der Waals surface area contributed by atoms with Gasteiger partial charge in [0, 0.05) is 11.4 Å². The summed E-state index contributed by atoms with van der Waals surface area (Å²) in [5.74, 6) is -0.0458. The smallest absolute Gasteiger partial charge is 0.243 e. The number of hydrogen-bond acceptors (Lipinski definition) is 2. The van der Waals surface area contributed by atoms with E-state index in [2.05, 4.69) is 23.6 Å². The molecule has 0 fully saturated rings. The molecule has 0 radical (unpaired) electrons. The van der Waals surface area contributed by atoms with E-state index >= 15 is 0 Å². The van der Waals surface area contributed by atoms with Crippen LogP contribution in [0.5, 0.6) is 0 Å². The number of carbonyl (C=O) groups excluding carboxylic acids is 1. The van der Waals surface area contributed by atoms with Crippen LogP contribution in [0, 0.1) is 20.8 Å². The van der Waals surface area contributed by atoms with Crippen molar-refractivity contribution in [2.75, 3.05) is 17.2 Å². The van der Waals surface area contributed by atoms with E-state index in [0.29, 0.717) is 0 Å². The number of anilines is 2. The molecule has 0 saturated carbocycles. The largest absolute Gasteiger partial charge is 0.376 e. The Morgan fingerprint density at radius 3 is 2.45 bits per heavy atom. The van der Waals surface area contributed by atoms with E-state index < -0.39 is 0 Å². The van der Waals surface area contributed by atoms with Crippen LogP contribution < -0.4 is 10.6 Å². The Kier molecular flexibility index (Phi) is 4.41. The van der Waals surface area contributed by atoms with Crippen molar-refractivity contribution in [3.63, 3.8) is 0 Å². The fourth-order valence-corrected chi connectivity index (χ4v) is 2.12. The highest BCUT2D eigenvalue weighted by Crippen LogP contribution is 2.15. The maximum absolute atomic E-state index is 11.9. The highest BCUT2D eigenvalue weighted by molar-refractivity contribution is 5.93. The Labute approximate surface area is 120 Å². The molecule has 1 amide bonds. The van der Waals surface area contributed by atoms with Crippen LogP contribution >= 0.6 is 0 Å². The Morgan fingerprint density at radius 2 is 1.75 bits per heavy atom. The molecule has 3 heteroatoms. The molecule has 0 atom stereocenters. The highest BCUT2D eigenvalue weighted by Gasteiger charge is 2.04. The van der Waals surface area contributed by atoms with Crippen LogP contribution in [0.15, 0.2) is 42.5 Å². The quantitative estimate of drug-likeness (QED) is 0.888. The summed E-state index contributed by atoms with van der Waals surface area (Å²) >= 11 is 0. The van der Waals surface area contributed by atoms with Gasteiger partial charge in [-0.3, -0.25) is 4.79 Å². The zero-order chi connectivity index (χ0) is 14.5. The van der Waals surface area contributed by atoms with Crippen molar-refractivity contribution < 1.29 is 4.79 Å². The lowest BCUT2D eigenvalue weighted by Crippen LogP contribution is -2.22. The maximum Gasteiger partial charge on any atom is 0.243 e. The molecule has 20 heavy (non-hydrogen) atoms. The molecule has 0 unspecified atom stereocenters. The molecule has 0 spiro atoms. The van der Waals surface area contributed by atoms with Gasteiger partial charge in [0.15, 0.2) is 0 Å². The fraction of sp³-hybridized carbons (Fsp3) is 0.235. The van der Waals surface area contributed by atoms with Gasteiger partial charge in [-0.2, -0.15) is 0 Å². The van der Waals surface area contributed by atoms with Crippen molar-refractivity contribution in [1.82, 2.24) is 0 Å². The second-order valence-electron chi connectivity index (χ2n) is 5.09. The van der Waals surface area contributed by atoms with Crippen molar-refractivity contribution in [3.05, 3.63) is 59.2 Å². The second kappa shape index (κ2) is 6.24. The van der Waals surface area contributed by atoms with Gasteiger partial charge in [0.2, 0.25) is 5.91 Å². The molecular formula is C17H20N2O. The minimum absolute atomic E-state index is 0.0458. The molecule has 3 nitrogen and oxygen atoms in total. The van der Waals surface area contributed by atoms with Crippen molar-refractivity contribution in [3.8, 4) is 0 Å². The van der Waals surface area contributed by atoms with Crippen LogP contribution in [-0.4, -0.2) is 12.5 Å². The molecule has 2 N–H and O–H groups in total.